The van der Waals surface area contributed by atoms with Crippen molar-refractivity contribution in [2.45, 2.75) is 19.8 Å². The van der Waals surface area contributed by atoms with Crippen molar-refractivity contribution in [2.24, 2.45) is 0 Å². The van der Waals surface area contributed by atoms with E-state index >= 15 is 0 Å². The fourth-order valence-corrected chi connectivity index (χ4v) is 3.11. The molecule has 0 fully saturated rings. The number of para-hydroxylation sites is 1. The molecule has 0 spiro atoms. The van der Waals surface area contributed by atoms with Gasteiger partial charge >= 0.3 is 0 Å². The van der Waals surface area contributed by atoms with Crippen LogP contribution in [-0.2, 0) is 12.8 Å². The molecule has 2 N–H and O–H groups in total. The summed E-state index contributed by atoms with van der Waals surface area (Å²) in [4.78, 5) is 11.8. The van der Waals surface area contributed by atoms with Gasteiger partial charge < -0.3 is 9.72 Å². The first-order valence-electron chi connectivity index (χ1n) is 8.78. The van der Waals surface area contributed by atoms with Gasteiger partial charge in [-0.05, 0) is 48.2 Å². The van der Waals surface area contributed by atoms with Gasteiger partial charge in [0.2, 0.25) is 5.82 Å². The SMILES string of the molecule is CCOc1ccccc1CCc1c(-c2nn[nH]n2)ccnc1-c1cnc[nH]1. The highest BCUT2D eigenvalue weighted by Gasteiger charge is 2.17. The first kappa shape index (κ1) is 16.9. The van der Waals surface area contributed by atoms with E-state index in [0.29, 0.717) is 12.4 Å². The van der Waals surface area contributed by atoms with Crippen LogP contribution in [0.25, 0.3) is 22.8 Å². The molecule has 0 unspecified atom stereocenters. The molecule has 0 aliphatic heterocycles. The number of pyridine rings is 1. The quantitative estimate of drug-likeness (QED) is 0.524. The molecule has 4 aromatic rings. The molecule has 0 atom stereocenters. The Bertz CT molecular complexity index is 944. The number of imidazole rings is 1. The zero-order valence-electron chi connectivity index (χ0n) is 14.9. The van der Waals surface area contributed by atoms with Gasteiger partial charge in [-0.1, -0.05) is 18.2 Å². The fraction of sp³-hybridized carbons (Fsp3) is 0.211. The minimum atomic E-state index is 0.547. The molecule has 0 saturated carbocycles. The molecule has 3 aromatic heterocycles. The maximum atomic E-state index is 5.76. The second-order valence-electron chi connectivity index (χ2n) is 5.93. The summed E-state index contributed by atoms with van der Waals surface area (Å²) in [7, 11) is 0. The van der Waals surface area contributed by atoms with Crippen LogP contribution in [0, 0.1) is 0 Å². The maximum Gasteiger partial charge on any atom is 0.205 e. The highest BCUT2D eigenvalue weighted by molar-refractivity contribution is 5.70. The average molecular weight is 361 g/mol. The van der Waals surface area contributed by atoms with Crippen LogP contribution in [0.15, 0.2) is 49.1 Å². The van der Waals surface area contributed by atoms with Gasteiger partial charge in [0.05, 0.1) is 30.5 Å². The monoisotopic (exact) mass is 361 g/mol. The lowest BCUT2D eigenvalue weighted by molar-refractivity contribution is 0.336. The highest BCUT2D eigenvalue weighted by atomic mass is 16.5. The number of nitrogens with one attached hydrogen (secondary N) is 2. The largest absolute Gasteiger partial charge is 0.494 e. The van der Waals surface area contributed by atoms with E-state index in [1.54, 1.807) is 18.7 Å². The Balaban J connectivity index is 1.73. The molecule has 8 heteroatoms. The van der Waals surface area contributed by atoms with Crippen molar-refractivity contribution in [3.05, 3.63) is 60.2 Å². The number of ether oxygens (including phenoxy) is 1. The maximum absolute atomic E-state index is 5.76. The van der Waals surface area contributed by atoms with Crippen molar-refractivity contribution in [2.75, 3.05) is 6.61 Å². The van der Waals surface area contributed by atoms with Crippen LogP contribution in [0.2, 0.25) is 0 Å². The summed E-state index contributed by atoms with van der Waals surface area (Å²) in [5.41, 5.74) is 4.78. The summed E-state index contributed by atoms with van der Waals surface area (Å²) >= 11 is 0. The van der Waals surface area contributed by atoms with Crippen molar-refractivity contribution in [3.63, 3.8) is 0 Å². The summed E-state index contributed by atoms with van der Waals surface area (Å²) in [6.45, 7) is 2.62. The van der Waals surface area contributed by atoms with Gasteiger partial charge in [-0.2, -0.15) is 5.21 Å². The van der Waals surface area contributed by atoms with E-state index in [0.717, 1.165) is 46.7 Å². The first-order valence-corrected chi connectivity index (χ1v) is 8.78. The van der Waals surface area contributed by atoms with Crippen molar-refractivity contribution in [1.29, 1.82) is 0 Å². The molecular formula is C19H19N7O. The van der Waals surface area contributed by atoms with E-state index in [-0.39, 0.29) is 0 Å². The lowest BCUT2D eigenvalue weighted by atomic mass is 9.96. The van der Waals surface area contributed by atoms with Crippen LogP contribution in [0.5, 0.6) is 5.75 Å². The standard InChI is InChI=1S/C19H19N7O/c1-2-27-17-6-4-3-5-13(17)7-8-14-15(19-23-25-26-24-19)9-10-21-18(14)16-11-20-12-22-16/h3-6,9-12H,2,7-8H2,1H3,(H,20,22)(H,23,24,25,26). The normalized spacial score (nSPS) is 10.9. The molecule has 136 valence electrons. The molecule has 8 nitrogen and oxygen atoms in total. The lowest BCUT2D eigenvalue weighted by Gasteiger charge is -2.13. The van der Waals surface area contributed by atoms with Gasteiger partial charge in [0.25, 0.3) is 0 Å². The van der Waals surface area contributed by atoms with Gasteiger partial charge in [0.1, 0.15) is 5.75 Å². The summed E-state index contributed by atoms with van der Waals surface area (Å²) in [6, 6.07) is 10.0. The lowest BCUT2D eigenvalue weighted by Crippen LogP contribution is -2.03. The van der Waals surface area contributed by atoms with Crippen molar-refractivity contribution in [1.82, 2.24) is 35.6 Å². The number of aromatic amines is 2. The van der Waals surface area contributed by atoms with Crippen LogP contribution in [-0.4, -0.2) is 42.2 Å². The van der Waals surface area contributed by atoms with Crippen LogP contribution < -0.4 is 4.74 Å². The Labute approximate surface area is 156 Å². The second-order valence-corrected chi connectivity index (χ2v) is 5.93. The van der Waals surface area contributed by atoms with Gasteiger partial charge in [-0.15, -0.1) is 10.2 Å². The Morgan fingerprint density at radius 1 is 1.11 bits per heavy atom. The average Bonchev–Trinajstić information content (AvgIpc) is 3.41. The Hall–Kier alpha value is -3.55. The molecule has 1 aromatic carbocycles. The predicted molar refractivity (Wildman–Crippen MR) is 100 cm³/mol. The minimum Gasteiger partial charge on any atom is -0.494 e. The van der Waals surface area contributed by atoms with Crippen LogP contribution in [0.3, 0.4) is 0 Å². The van der Waals surface area contributed by atoms with E-state index in [1.165, 1.54) is 0 Å². The number of tetrazole rings is 1. The van der Waals surface area contributed by atoms with Crippen molar-refractivity contribution in [3.8, 4) is 28.5 Å². The summed E-state index contributed by atoms with van der Waals surface area (Å²) in [5.74, 6) is 1.46. The minimum absolute atomic E-state index is 0.547. The van der Waals surface area contributed by atoms with Gasteiger partial charge in [0, 0.05) is 11.8 Å². The fourth-order valence-electron chi connectivity index (χ4n) is 3.11. The number of nitrogens with zero attached hydrogens (tertiary/aromatic N) is 5. The third kappa shape index (κ3) is 3.55. The van der Waals surface area contributed by atoms with E-state index < -0.39 is 0 Å². The molecule has 0 bridgehead atoms. The van der Waals surface area contributed by atoms with E-state index in [4.69, 9.17) is 4.74 Å². The molecule has 0 saturated heterocycles. The summed E-state index contributed by atoms with van der Waals surface area (Å²) in [5, 5.41) is 14.5. The number of aromatic nitrogens is 7. The number of hydrogen-bond acceptors (Lipinski definition) is 6. The van der Waals surface area contributed by atoms with Crippen molar-refractivity contribution < 1.29 is 4.74 Å². The van der Waals surface area contributed by atoms with Crippen LogP contribution >= 0.6 is 0 Å². The van der Waals surface area contributed by atoms with Crippen LogP contribution in [0.1, 0.15) is 18.1 Å². The van der Waals surface area contributed by atoms with Crippen LogP contribution in [0.4, 0.5) is 0 Å². The number of rotatable bonds is 7. The molecule has 0 aliphatic carbocycles. The van der Waals surface area contributed by atoms with E-state index in [2.05, 4.69) is 41.6 Å². The molecule has 0 radical (unpaired) electrons. The molecule has 27 heavy (non-hydrogen) atoms. The topological polar surface area (TPSA) is 105 Å². The van der Waals surface area contributed by atoms with Gasteiger partial charge in [0.15, 0.2) is 0 Å². The Kier molecular flexibility index (Phi) is 4.86. The van der Waals surface area contributed by atoms with Gasteiger partial charge in [-0.25, -0.2) is 4.98 Å². The molecule has 0 aliphatic rings. The number of aryl methyl sites for hydroxylation is 1. The smallest absolute Gasteiger partial charge is 0.205 e. The predicted octanol–water partition coefficient (Wildman–Crippen LogP) is 2.84. The van der Waals surface area contributed by atoms with E-state index in [1.807, 2.05) is 31.2 Å². The molecule has 3 heterocycles. The summed E-state index contributed by atoms with van der Waals surface area (Å²) < 4.78 is 5.76. The Morgan fingerprint density at radius 3 is 2.81 bits per heavy atom. The Morgan fingerprint density at radius 2 is 2.04 bits per heavy atom. The summed E-state index contributed by atoms with van der Waals surface area (Å²) in [6.07, 6.45) is 6.70. The number of hydrogen-bond donors (Lipinski definition) is 2. The zero-order chi connectivity index (χ0) is 18.5. The highest BCUT2D eigenvalue weighted by Crippen LogP contribution is 2.30. The third-order valence-electron chi connectivity index (χ3n) is 4.31. The first-order chi connectivity index (χ1) is 13.4. The molecular weight excluding hydrogens is 342 g/mol. The third-order valence-corrected chi connectivity index (χ3v) is 4.31. The number of H-pyrrole nitrogens is 2. The number of benzene rings is 1. The van der Waals surface area contributed by atoms with Gasteiger partial charge in [-0.3, -0.25) is 4.98 Å². The zero-order valence-corrected chi connectivity index (χ0v) is 14.9. The van der Waals surface area contributed by atoms with Crippen molar-refractivity contribution >= 4 is 0 Å². The molecule has 0 amide bonds. The second kappa shape index (κ2) is 7.77. The molecule has 4 rings (SSSR count). The van der Waals surface area contributed by atoms with E-state index in [9.17, 15) is 0 Å².